The SMILES string of the molecule is CC.CC.Cc1c(Cl)c(Cl)c2c(c1Cl)C(=O)NC2=Nc1cccc(N=C2NC(=O)c3c(Cl)c(Cl)c(Cl)c(Cl)c32)c1. The quantitative estimate of drug-likeness (QED) is 0.209. The van der Waals surface area contributed by atoms with Crippen LogP contribution in [0.4, 0.5) is 11.4 Å². The number of rotatable bonds is 2. The predicted octanol–water partition coefficient (Wildman–Crippen LogP) is 10.3. The summed E-state index contributed by atoms with van der Waals surface area (Å²) in [5.41, 5.74) is 2.15. The van der Waals surface area contributed by atoms with Crippen LogP contribution in [0.5, 0.6) is 0 Å². The molecule has 6 nitrogen and oxygen atoms in total. The van der Waals surface area contributed by atoms with E-state index in [2.05, 4.69) is 20.6 Å². The van der Waals surface area contributed by atoms with E-state index in [4.69, 9.17) is 81.2 Å². The van der Waals surface area contributed by atoms with Crippen LogP contribution in [0.2, 0.25) is 35.2 Å². The molecule has 0 atom stereocenters. The second-order valence-corrected chi connectivity index (χ2v) is 10.3. The Morgan fingerprint density at radius 2 is 0.925 bits per heavy atom. The van der Waals surface area contributed by atoms with Crippen LogP contribution in [0.25, 0.3) is 0 Å². The van der Waals surface area contributed by atoms with Gasteiger partial charge in [-0.05, 0) is 30.7 Å². The highest BCUT2D eigenvalue weighted by molar-refractivity contribution is 6.55. The van der Waals surface area contributed by atoms with E-state index in [1.165, 1.54) is 0 Å². The number of halogens is 7. The average Bonchev–Trinajstić information content (AvgIpc) is 3.46. The molecule has 40 heavy (non-hydrogen) atoms. The van der Waals surface area contributed by atoms with Crippen molar-refractivity contribution in [2.24, 2.45) is 9.98 Å². The Hall–Kier alpha value is -2.03. The lowest BCUT2D eigenvalue weighted by Crippen LogP contribution is -2.21. The van der Waals surface area contributed by atoms with Crippen molar-refractivity contribution in [3.05, 3.63) is 87.2 Å². The van der Waals surface area contributed by atoms with Gasteiger partial charge in [0.2, 0.25) is 0 Å². The number of nitrogens with zero attached hydrogens (tertiary/aromatic N) is 2. The molecule has 0 unspecified atom stereocenters. The fraction of sp³-hybridized carbons (Fsp3) is 0.185. The molecule has 2 aliphatic rings. The lowest BCUT2D eigenvalue weighted by atomic mass is 10.1. The zero-order valence-corrected chi connectivity index (χ0v) is 27.0. The smallest absolute Gasteiger partial charge is 0.259 e. The van der Waals surface area contributed by atoms with Crippen LogP contribution in [-0.4, -0.2) is 23.5 Å². The molecule has 0 aromatic heterocycles. The Labute approximate surface area is 266 Å². The molecule has 0 saturated heterocycles. The van der Waals surface area contributed by atoms with Gasteiger partial charge in [0.15, 0.2) is 0 Å². The van der Waals surface area contributed by atoms with Crippen molar-refractivity contribution in [3.63, 3.8) is 0 Å². The summed E-state index contributed by atoms with van der Waals surface area (Å²) in [6.07, 6.45) is 0. The Morgan fingerprint density at radius 1 is 0.550 bits per heavy atom. The Morgan fingerprint density at radius 3 is 1.38 bits per heavy atom. The summed E-state index contributed by atoms with van der Waals surface area (Å²) < 4.78 is 0. The van der Waals surface area contributed by atoms with Crippen molar-refractivity contribution in [1.29, 1.82) is 0 Å². The Balaban J connectivity index is 0.00000106. The average molecular weight is 682 g/mol. The molecule has 2 N–H and O–H groups in total. The number of amides is 2. The lowest BCUT2D eigenvalue weighted by molar-refractivity contribution is 0.0975. The fourth-order valence-electron chi connectivity index (χ4n) is 3.80. The van der Waals surface area contributed by atoms with Gasteiger partial charge >= 0.3 is 0 Å². The van der Waals surface area contributed by atoms with Crippen LogP contribution in [0.15, 0.2) is 34.3 Å². The van der Waals surface area contributed by atoms with E-state index in [9.17, 15) is 9.59 Å². The zero-order chi connectivity index (χ0) is 30.0. The van der Waals surface area contributed by atoms with Gasteiger partial charge in [-0.1, -0.05) is 115 Å². The summed E-state index contributed by atoms with van der Waals surface area (Å²) in [5.74, 6) is -0.639. The van der Waals surface area contributed by atoms with Gasteiger partial charge in [-0.15, -0.1) is 0 Å². The van der Waals surface area contributed by atoms with E-state index >= 15 is 0 Å². The highest BCUT2D eigenvalue weighted by atomic mass is 35.5. The minimum Gasteiger partial charge on any atom is -0.306 e. The minimum absolute atomic E-state index is 0.00603. The molecule has 0 aliphatic carbocycles. The number of fused-ring (bicyclic) bond motifs is 2. The van der Waals surface area contributed by atoms with Gasteiger partial charge in [-0.3, -0.25) is 9.59 Å². The maximum atomic E-state index is 12.6. The first kappa shape index (κ1) is 32.5. The van der Waals surface area contributed by atoms with Gasteiger partial charge in [0.1, 0.15) is 11.7 Å². The van der Waals surface area contributed by atoms with Gasteiger partial charge in [0.05, 0.1) is 68.8 Å². The second-order valence-electron chi connectivity index (χ2n) is 7.67. The normalized spacial score (nSPS) is 15.1. The first-order valence-corrected chi connectivity index (χ1v) is 14.6. The third-order valence-corrected chi connectivity index (χ3v) is 8.73. The molecule has 0 radical (unpaired) electrons. The van der Waals surface area contributed by atoms with E-state index in [0.717, 1.165) is 0 Å². The van der Waals surface area contributed by atoms with Crippen LogP contribution in [0.3, 0.4) is 0 Å². The molecule has 0 bridgehead atoms. The van der Waals surface area contributed by atoms with Gasteiger partial charge < -0.3 is 10.6 Å². The molecule has 210 valence electrons. The number of carbonyl (C=O) groups excluding carboxylic acids is 2. The molecule has 0 saturated carbocycles. The Bertz CT molecular complexity index is 1500. The molecule has 13 heteroatoms. The summed E-state index contributed by atoms with van der Waals surface area (Å²) in [6, 6.07) is 6.67. The van der Waals surface area contributed by atoms with Gasteiger partial charge in [0.25, 0.3) is 11.8 Å². The maximum Gasteiger partial charge on any atom is 0.259 e. The van der Waals surface area contributed by atoms with E-state index in [-0.39, 0.29) is 63.5 Å². The van der Waals surface area contributed by atoms with Crippen molar-refractivity contribution in [1.82, 2.24) is 10.6 Å². The third-order valence-electron chi connectivity index (χ3n) is 5.51. The molecule has 2 heterocycles. The summed E-state index contributed by atoms with van der Waals surface area (Å²) in [7, 11) is 0. The lowest BCUT2D eigenvalue weighted by Gasteiger charge is -2.09. The number of aliphatic imine (C=N–C) groups is 2. The van der Waals surface area contributed by atoms with Crippen molar-refractivity contribution < 1.29 is 9.59 Å². The number of benzene rings is 3. The topological polar surface area (TPSA) is 82.9 Å². The number of carbonyl (C=O) groups is 2. The summed E-state index contributed by atoms with van der Waals surface area (Å²) >= 11 is 43.9. The van der Waals surface area contributed by atoms with E-state index < -0.39 is 11.8 Å². The summed E-state index contributed by atoms with van der Waals surface area (Å²) in [5, 5.41) is 5.89. The van der Waals surface area contributed by atoms with Crippen LogP contribution < -0.4 is 10.6 Å². The molecule has 3 aromatic rings. The monoisotopic (exact) mass is 678 g/mol. The number of hydrogen-bond donors (Lipinski definition) is 2. The number of hydrogen-bond acceptors (Lipinski definition) is 4. The zero-order valence-electron chi connectivity index (χ0n) is 21.7. The van der Waals surface area contributed by atoms with Crippen LogP contribution in [0, 0.1) is 6.92 Å². The number of amidine groups is 2. The van der Waals surface area contributed by atoms with E-state index in [1.807, 2.05) is 27.7 Å². The standard InChI is InChI=1S/C23H9Cl7N4O2.2C2H6/c1-6-13(24)11-9(15(26)14(6)25)20(33-22(11)35)31-7-3-2-4-8(5-7)32-21-10-12(23(36)34-21)17(28)19(30)18(29)16(10)27;2*1-2/h2-5H,1H3,(H,31,33,35)(H,32,34,36);2*1-2H3. The summed E-state index contributed by atoms with van der Waals surface area (Å²) in [4.78, 5) is 34.1. The van der Waals surface area contributed by atoms with Crippen LogP contribution >= 0.6 is 81.2 Å². The van der Waals surface area contributed by atoms with Gasteiger partial charge in [0, 0.05) is 0 Å². The molecule has 0 spiro atoms. The molecule has 0 fully saturated rings. The van der Waals surface area contributed by atoms with Crippen molar-refractivity contribution in [2.45, 2.75) is 34.6 Å². The molecule has 2 aliphatic heterocycles. The molecular formula is C27H21Cl7N4O2. The minimum atomic E-state index is -0.519. The van der Waals surface area contributed by atoms with E-state index in [1.54, 1.807) is 31.2 Å². The first-order valence-electron chi connectivity index (χ1n) is 11.9. The second kappa shape index (κ2) is 13.3. The van der Waals surface area contributed by atoms with Gasteiger partial charge in [-0.25, -0.2) is 9.98 Å². The van der Waals surface area contributed by atoms with Crippen molar-refractivity contribution >= 4 is 116 Å². The van der Waals surface area contributed by atoms with Gasteiger partial charge in [-0.2, -0.15) is 0 Å². The van der Waals surface area contributed by atoms with Crippen LogP contribution in [-0.2, 0) is 0 Å². The molecule has 5 rings (SSSR count). The number of nitrogens with one attached hydrogen (secondary N) is 2. The summed E-state index contributed by atoms with van der Waals surface area (Å²) in [6.45, 7) is 9.67. The molecule has 3 aromatic carbocycles. The van der Waals surface area contributed by atoms with E-state index in [0.29, 0.717) is 22.5 Å². The fourth-order valence-corrected chi connectivity index (χ4v) is 5.67. The molecule has 2 amide bonds. The van der Waals surface area contributed by atoms with Crippen molar-refractivity contribution in [3.8, 4) is 0 Å². The largest absolute Gasteiger partial charge is 0.306 e. The highest BCUT2D eigenvalue weighted by Crippen LogP contribution is 2.44. The Kier molecular flexibility index (Phi) is 10.8. The predicted molar refractivity (Wildman–Crippen MR) is 169 cm³/mol. The maximum absolute atomic E-state index is 12.6. The molecular weight excluding hydrogens is 660 g/mol. The van der Waals surface area contributed by atoms with Crippen LogP contribution in [0.1, 0.15) is 65.1 Å². The van der Waals surface area contributed by atoms with Crippen molar-refractivity contribution in [2.75, 3.05) is 0 Å². The highest BCUT2D eigenvalue weighted by Gasteiger charge is 2.35. The first-order chi connectivity index (χ1) is 19.0. The third kappa shape index (κ3) is 5.68.